The number of rotatable bonds is 5. The van der Waals surface area contributed by atoms with E-state index in [2.05, 4.69) is 4.90 Å². The van der Waals surface area contributed by atoms with E-state index in [1.807, 2.05) is 59.1 Å². The van der Waals surface area contributed by atoms with Gasteiger partial charge in [-0.05, 0) is 65.4 Å². The Hall–Kier alpha value is -1.39. The van der Waals surface area contributed by atoms with E-state index < -0.39 is 11.0 Å². The van der Waals surface area contributed by atoms with Gasteiger partial charge in [0, 0.05) is 12.5 Å². The lowest BCUT2D eigenvalue weighted by Gasteiger charge is -2.40. The zero-order valence-corrected chi connectivity index (χ0v) is 16.3. The largest absolute Gasteiger partial charge is 0.426 e. The summed E-state index contributed by atoms with van der Waals surface area (Å²) in [4.78, 5) is 14.2. The van der Waals surface area contributed by atoms with E-state index in [0.717, 1.165) is 37.8 Å². The molecule has 0 spiro atoms. The van der Waals surface area contributed by atoms with Crippen LogP contribution in [0.4, 0.5) is 0 Å². The smallest absolute Gasteiger partial charge is 0.316 e. The van der Waals surface area contributed by atoms with Crippen LogP contribution in [-0.4, -0.2) is 42.2 Å². The molecular formula is C21H33NO3. The maximum absolute atomic E-state index is 12.0. The zero-order chi connectivity index (χ0) is 18.7. The van der Waals surface area contributed by atoms with E-state index in [1.165, 1.54) is 6.42 Å². The van der Waals surface area contributed by atoms with Crippen molar-refractivity contribution < 1.29 is 14.6 Å². The molecule has 2 rings (SSSR count). The molecule has 4 heteroatoms. The van der Waals surface area contributed by atoms with Crippen molar-refractivity contribution >= 4 is 5.97 Å². The molecule has 1 aromatic rings. The Kier molecular flexibility index (Phi) is 6.28. The van der Waals surface area contributed by atoms with Gasteiger partial charge in [0.05, 0.1) is 11.0 Å². The number of ether oxygens (including phenoxy) is 1. The van der Waals surface area contributed by atoms with Crippen LogP contribution in [0.1, 0.15) is 64.4 Å². The second-order valence-corrected chi connectivity index (χ2v) is 8.69. The van der Waals surface area contributed by atoms with Gasteiger partial charge in [-0.1, -0.05) is 31.4 Å². The van der Waals surface area contributed by atoms with Gasteiger partial charge in [0.25, 0.3) is 0 Å². The lowest BCUT2D eigenvalue weighted by Crippen LogP contribution is -2.42. The minimum atomic E-state index is -0.647. The number of esters is 1. The first-order chi connectivity index (χ1) is 11.6. The number of likely N-dealkylation sites (N-methyl/N-ethyl adjacent to an activating group) is 1. The summed E-state index contributed by atoms with van der Waals surface area (Å²) < 4.78 is 5.45. The Morgan fingerprint density at radius 1 is 1.16 bits per heavy atom. The highest BCUT2D eigenvalue weighted by Gasteiger charge is 2.38. The van der Waals surface area contributed by atoms with Crippen molar-refractivity contribution in [3.05, 3.63) is 29.8 Å². The van der Waals surface area contributed by atoms with Gasteiger partial charge in [0.15, 0.2) is 0 Å². The molecule has 0 bridgehead atoms. The van der Waals surface area contributed by atoms with Crippen LogP contribution in [0.2, 0.25) is 0 Å². The van der Waals surface area contributed by atoms with Gasteiger partial charge in [-0.25, -0.2) is 0 Å². The highest BCUT2D eigenvalue weighted by molar-refractivity contribution is 5.77. The Bertz CT molecular complexity index is 566. The second kappa shape index (κ2) is 7.88. The molecule has 0 saturated heterocycles. The first-order valence-electron chi connectivity index (χ1n) is 9.31. The second-order valence-electron chi connectivity index (χ2n) is 8.69. The molecule has 1 atom stereocenters. The summed E-state index contributed by atoms with van der Waals surface area (Å²) in [5.41, 5.74) is -0.0659. The van der Waals surface area contributed by atoms with Gasteiger partial charge in [0.1, 0.15) is 5.75 Å². The van der Waals surface area contributed by atoms with Gasteiger partial charge >= 0.3 is 5.97 Å². The van der Waals surface area contributed by atoms with Gasteiger partial charge in [-0.15, -0.1) is 0 Å². The molecule has 1 saturated carbocycles. The Labute approximate surface area is 152 Å². The standard InChI is InChI=1S/C21H33NO3/c1-20(2,3)19(23)25-17-11-9-16(10-12-17)18(15-22(4)5)21(24)13-7-6-8-14-21/h9-12,18,24H,6-8,13-15H2,1-5H3/t18-/m1/s1. The number of carbonyl (C=O) groups is 1. The number of hydrogen-bond acceptors (Lipinski definition) is 4. The van der Waals surface area contributed by atoms with Crippen molar-refractivity contribution in [1.82, 2.24) is 4.90 Å². The number of hydrogen-bond donors (Lipinski definition) is 1. The van der Waals surface area contributed by atoms with E-state index in [9.17, 15) is 9.90 Å². The first kappa shape index (κ1) is 19.9. The molecule has 1 aliphatic carbocycles. The van der Waals surface area contributed by atoms with Crippen LogP contribution in [0.3, 0.4) is 0 Å². The summed E-state index contributed by atoms with van der Waals surface area (Å²) in [6.07, 6.45) is 5.08. The number of nitrogens with zero attached hydrogens (tertiary/aromatic N) is 1. The summed E-state index contributed by atoms with van der Waals surface area (Å²) in [6, 6.07) is 7.67. The highest BCUT2D eigenvalue weighted by atomic mass is 16.5. The molecular weight excluding hydrogens is 314 g/mol. The van der Waals surface area contributed by atoms with Gasteiger partial charge in [-0.2, -0.15) is 0 Å². The molecule has 0 amide bonds. The quantitative estimate of drug-likeness (QED) is 0.646. The van der Waals surface area contributed by atoms with Crippen LogP contribution in [0.15, 0.2) is 24.3 Å². The Morgan fingerprint density at radius 3 is 2.20 bits per heavy atom. The SMILES string of the molecule is CN(C)C[C@H](c1ccc(OC(=O)C(C)(C)C)cc1)C1(O)CCCCC1. The molecule has 0 aliphatic heterocycles. The molecule has 1 N–H and O–H groups in total. The number of aliphatic hydroxyl groups is 1. The predicted octanol–water partition coefficient (Wildman–Crippen LogP) is 3.98. The molecule has 0 heterocycles. The maximum atomic E-state index is 12.0. The van der Waals surface area contributed by atoms with Gasteiger partial charge in [-0.3, -0.25) is 4.79 Å². The van der Waals surface area contributed by atoms with Crippen molar-refractivity contribution in [3.8, 4) is 5.75 Å². The lowest BCUT2D eigenvalue weighted by molar-refractivity contribution is -0.143. The Balaban J connectivity index is 2.19. The molecule has 0 aromatic heterocycles. The zero-order valence-electron chi connectivity index (χ0n) is 16.3. The summed E-state index contributed by atoms with van der Waals surface area (Å²) in [7, 11) is 4.08. The molecule has 1 fully saturated rings. The molecule has 4 nitrogen and oxygen atoms in total. The molecule has 1 aliphatic rings. The molecule has 1 aromatic carbocycles. The van der Waals surface area contributed by atoms with Crippen molar-refractivity contribution in [2.24, 2.45) is 5.41 Å². The van der Waals surface area contributed by atoms with Crippen molar-refractivity contribution in [1.29, 1.82) is 0 Å². The van der Waals surface area contributed by atoms with Crippen molar-refractivity contribution in [2.75, 3.05) is 20.6 Å². The van der Waals surface area contributed by atoms with Crippen LogP contribution >= 0.6 is 0 Å². The lowest BCUT2D eigenvalue weighted by atomic mass is 9.72. The molecule has 140 valence electrons. The summed E-state index contributed by atoms with van der Waals surface area (Å²) in [5, 5.41) is 11.2. The van der Waals surface area contributed by atoms with E-state index in [1.54, 1.807) is 0 Å². The summed E-state index contributed by atoms with van der Waals surface area (Å²) in [5.74, 6) is 0.383. The number of benzene rings is 1. The summed E-state index contributed by atoms with van der Waals surface area (Å²) >= 11 is 0. The van der Waals surface area contributed by atoms with E-state index >= 15 is 0 Å². The van der Waals surface area contributed by atoms with Gasteiger partial charge < -0.3 is 14.7 Å². The molecule has 0 unspecified atom stereocenters. The van der Waals surface area contributed by atoms with Crippen LogP contribution < -0.4 is 4.74 Å². The van der Waals surface area contributed by atoms with Crippen LogP contribution in [0.25, 0.3) is 0 Å². The van der Waals surface area contributed by atoms with E-state index in [4.69, 9.17) is 4.74 Å². The Morgan fingerprint density at radius 2 is 1.72 bits per heavy atom. The highest BCUT2D eigenvalue weighted by Crippen LogP contribution is 2.40. The third kappa shape index (κ3) is 5.29. The fraction of sp³-hybridized carbons (Fsp3) is 0.667. The molecule has 25 heavy (non-hydrogen) atoms. The fourth-order valence-electron chi connectivity index (χ4n) is 3.49. The monoisotopic (exact) mass is 347 g/mol. The minimum Gasteiger partial charge on any atom is -0.426 e. The normalized spacial score (nSPS) is 18.8. The van der Waals surface area contributed by atoms with Crippen LogP contribution in [0, 0.1) is 5.41 Å². The fourth-order valence-corrected chi connectivity index (χ4v) is 3.49. The average molecular weight is 347 g/mol. The van der Waals surface area contributed by atoms with Crippen LogP contribution in [-0.2, 0) is 4.79 Å². The topological polar surface area (TPSA) is 49.8 Å². The van der Waals surface area contributed by atoms with Crippen molar-refractivity contribution in [3.63, 3.8) is 0 Å². The minimum absolute atomic E-state index is 0.0650. The summed E-state index contributed by atoms with van der Waals surface area (Å²) in [6.45, 7) is 6.33. The van der Waals surface area contributed by atoms with Crippen LogP contribution in [0.5, 0.6) is 5.75 Å². The van der Waals surface area contributed by atoms with E-state index in [-0.39, 0.29) is 11.9 Å². The third-order valence-electron chi connectivity index (χ3n) is 5.02. The third-order valence-corrected chi connectivity index (χ3v) is 5.02. The number of carbonyl (C=O) groups excluding carboxylic acids is 1. The maximum Gasteiger partial charge on any atom is 0.316 e. The predicted molar refractivity (Wildman–Crippen MR) is 101 cm³/mol. The molecule has 0 radical (unpaired) electrons. The first-order valence-corrected chi connectivity index (χ1v) is 9.31. The van der Waals surface area contributed by atoms with Crippen molar-refractivity contribution in [2.45, 2.75) is 64.4 Å². The average Bonchev–Trinajstić information content (AvgIpc) is 2.53. The van der Waals surface area contributed by atoms with Gasteiger partial charge in [0.2, 0.25) is 0 Å². The van der Waals surface area contributed by atoms with E-state index in [0.29, 0.717) is 5.75 Å².